The van der Waals surface area contributed by atoms with Crippen molar-refractivity contribution in [2.24, 2.45) is 0 Å². The number of amides is 1. The SMILES string of the molecule is COc1ccc([C@@H](C)NC(=O)[C@H]2COc3ccccc3O2)cc1OC. The molecule has 6 heteroatoms. The van der Waals surface area contributed by atoms with E-state index in [1.807, 2.05) is 43.3 Å². The van der Waals surface area contributed by atoms with Crippen molar-refractivity contribution < 1.29 is 23.7 Å². The molecule has 0 aliphatic carbocycles. The molecule has 1 aliphatic heterocycles. The molecule has 6 nitrogen and oxygen atoms in total. The van der Waals surface area contributed by atoms with E-state index in [4.69, 9.17) is 18.9 Å². The van der Waals surface area contributed by atoms with Gasteiger partial charge in [-0.25, -0.2) is 0 Å². The normalized spacial score (nSPS) is 16.7. The Bertz CT molecular complexity index is 761. The first-order valence-corrected chi connectivity index (χ1v) is 8.03. The third kappa shape index (κ3) is 3.63. The Balaban J connectivity index is 1.67. The molecule has 0 radical (unpaired) electrons. The first-order chi connectivity index (χ1) is 12.1. The lowest BCUT2D eigenvalue weighted by Crippen LogP contribution is -2.44. The van der Waals surface area contributed by atoms with Gasteiger partial charge < -0.3 is 24.3 Å². The Kier molecular flexibility index (Phi) is 4.97. The fraction of sp³-hybridized carbons (Fsp3) is 0.316. The minimum atomic E-state index is -0.683. The van der Waals surface area contributed by atoms with E-state index in [-0.39, 0.29) is 18.6 Å². The third-order valence-electron chi connectivity index (χ3n) is 4.07. The summed E-state index contributed by atoms with van der Waals surface area (Å²) in [6.45, 7) is 2.08. The first-order valence-electron chi connectivity index (χ1n) is 8.03. The highest BCUT2D eigenvalue weighted by Crippen LogP contribution is 2.32. The van der Waals surface area contributed by atoms with Gasteiger partial charge in [0.05, 0.1) is 20.3 Å². The van der Waals surface area contributed by atoms with Gasteiger partial charge in [0.1, 0.15) is 6.61 Å². The molecule has 2 atom stereocenters. The van der Waals surface area contributed by atoms with Gasteiger partial charge in [0.2, 0.25) is 6.10 Å². The smallest absolute Gasteiger partial charge is 0.265 e. The molecule has 1 aliphatic rings. The van der Waals surface area contributed by atoms with Crippen molar-refractivity contribution >= 4 is 5.91 Å². The van der Waals surface area contributed by atoms with Gasteiger partial charge in [0.25, 0.3) is 5.91 Å². The average molecular weight is 343 g/mol. The van der Waals surface area contributed by atoms with Crippen molar-refractivity contribution in [3.05, 3.63) is 48.0 Å². The van der Waals surface area contributed by atoms with E-state index in [0.717, 1.165) is 5.56 Å². The van der Waals surface area contributed by atoms with Gasteiger partial charge in [-0.05, 0) is 36.8 Å². The van der Waals surface area contributed by atoms with Crippen LogP contribution in [0.5, 0.6) is 23.0 Å². The van der Waals surface area contributed by atoms with Crippen LogP contribution in [0.4, 0.5) is 0 Å². The van der Waals surface area contributed by atoms with Gasteiger partial charge in [-0.2, -0.15) is 0 Å². The molecule has 0 saturated carbocycles. The van der Waals surface area contributed by atoms with Crippen molar-refractivity contribution in [3.8, 4) is 23.0 Å². The molecule has 0 aromatic heterocycles. The molecule has 3 rings (SSSR count). The lowest BCUT2D eigenvalue weighted by atomic mass is 10.1. The van der Waals surface area contributed by atoms with Crippen LogP contribution in [0.25, 0.3) is 0 Å². The molecule has 0 fully saturated rings. The van der Waals surface area contributed by atoms with Crippen LogP contribution in [-0.2, 0) is 4.79 Å². The number of carbonyl (C=O) groups is 1. The third-order valence-corrected chi connectivity index (χ3v) is 4.07. The summed E-state index contributed by atoms with van der Waals surface area (Å²) < 4.78 is 21.9. The zero-order valence-electron chi connectivity index (χ0n) is 14.4. The Hall–Kier alpha value is -2.89. The fourth-order valence-electron chi connectivity index (χ4n) is 2.66. The minimum Gasteiger partial charge on any atom is -0.493 e. The number of rotatable bonds is 5. The summed E-state index contributed by atoms with van der Waals surface area (Å²) in [5.74, 6) is 2.27. The van der Waals surface area contributed by atoms with Crippen LogP contribution in [0.3, 0.4) is 0 Å². The Morgan fingerprint density at radius 1 is 1.12 bits per heavy atom. The minimum absolute atomic E-state index is 0.182. The maximum absolute atomic E-state index is 12.5. The molecular formula is C19H21NO5. The van der Waals surface area contributed by atoms with Gasteiger partial charge in [-0.1, -0.05) is 18.2 Å². The van der Waals surface area contributed by atoms with Crippen molar-refractivity contribution in [3.63, 3.8) is 0 Å². The van der Waals surface area contributed by atoms with Gasteiger partial charge in [0, 0.05) is 0 Å². The molecule has 1 heterocycles. The van der Waals surface area contributed by atoms with E-state index >= 15 is 0 Å². The summed E-state index contributed by atoms with van der Waals surface area (Å²) in [6, 6.07) is 12.6. The highest BCUT2D eigenvalue weighted by molar-refractivity contribution is 5.82. The van der Waals surface area contributed by atoms with E-state index in [0.29, 0.717) is 23.0 Å². The molecule has 1 N–H and O–H groups in total. The molecular weight excluding hydrogens is 322 g/mol. The summed E-state index contributed by atoms with van der Waals surface area (Å²) in [5.41, 5.74) is 0.906. The summed E-state index contributed by atoms with van der Waals surface area (Å²) in [4.78, 5) is 12.5. The predicted molar refractivity (Wildman–Crippen MR) is 92.5 cm³/mol. The number of para-hydroxylation sites is 2. The molecule has 0 bridgehead atoms. The second-order valence-electron chi connectivity index (χ2n) is 5.71. The number of hydrogen-bond donors (Lipinski definition) is 1. The highest BCUT2D eigenvalue weighted by atomic mass is 16.6. The topological polar surface area (TPSA) is 66.0 Å². The number of fused-ring (bicyclic) bond motifs is 1. The number of nitrogens with one attached hydrogen (secondary N) is 1. The van der Waals surface area contributed by atoms with Crippen molar-refractivity contribution in [1.29, 1.82) is 0 Å². The first kappa shape index (κ1) is 17.0. The van der Waals surface area contributed by atoms with E-state index in [1.54, 1.807) is 20.3 Å². The van der Waals surface area contributed by atoms with Crippen molar-refractivity contribution in [2.75, 3.05) is 20.8 Å². The van der Waals surface area contributed by atoms with Gasteiger partial charge in [-0.3, -0.25) is 4.79 Å². The van der Waals surface area contributed by atoms with Crippen molar-refractivity contribution in [2.45, 2.75) is 19.1 Å². The molecule has 1 amide bonds. The molecule has 132 valence electrons. The second kappa shape index (κ2) is 7.34. The quantitative estimate of drug-likeness (QED) is 0.904. The average Bonchev–Trinajstić information content (AvgIpc) is 2.66. The zero-order valence-corrected chi connectivity index (χ0v) is 14.4. The van der Waals surface area contributed by atoms with Crippen LogP contribution in [-0.4, -0.2) is 32.8 Å². The maximum Gasteiger partial charge on any atom is 0.265 e. The Morgan fingerprint density at radius 2 is 1.84 bits per heavy atom. The lowest BCUT2D eigenvalue weighted by Gasteiger charge is -2.27. The largest absolute Gasteiger partial charge is 0.493 e. The summed E-state index contributed by atoms with van der Waals surface area (Å²) in [7, 11) is 3.16. The molecule has 0 saturated heterocycles. The number of ether oxygens (including phenoxy) is 4. The van der Waals surface area contributed by atoms with E-state index in [9.17, 15) is 4.79 Å². The second-order valence-corrected chi connectivity index (χ2v) is 5.71. The van der Waals surface area contributed by atoms with Crippen LogP contribution in [0.1, 0.15) is 18.5 Å². The van der Waals surface area contributed by atoms with Crippen LogP contribution in [0.15, 0.2) is 42.5 Å². The number of benzene rings is 2. The number of hydrogen-bond acceptors (Lipinski definition) is 5. The zero-order chi connectivity index (χ0) is 17.8. The van der Waals surface area contributed by atoms with Gasteiger partial charge in [0.15, 0.2) is 23.0 Å². The monoisotopic (exact) mass is 343 g/mol. The number of carbonyl (C=O) groups excluding carboxylic acids is 1. The Morgan fingerprint density at radius 3 is 2.56 bits per heavy atom. The standard InChI is InChI=1S/C19H21NO5/c1-12(13-8-9-14(22-2)17(10-13)23-3)20-19(21)18-11-24-15-6-4-5-7-16(15)25-18/h4-10,12,18H,11H2,1-3H3,(H,20,21)/t12-,18-/m1/s1. The van der Waals surface area contributed by atoms with Crippen LogP contribution >= 0.6 is 0 Å². The Labute approximate surface area is 146 Å². The maximum atomic E-state index is 12.5. The van der Waals surface area contributed by atoms with Crippen LogP contribution in [0, 0.1) is 0 Å². The van der Waals surface area contributed by atoms with E-state index < -0.39 is 6.10 Å². The lowest BCUT2D eigenvalue weighted by molar-refractivity contribution is -0.131. The summed E-state index contributed by atoms with van der Waals surface area (Å²) in [6.07, 6.45) is -0.683. The molecule has 25 heavy (non-hydrogen) atoms. The summed E-state index contributed by atoms with van der Waals surface area (Å²) in [5, 5.41) is 2.95. The van der Waals surface area contributed by atoms with Gasteiger partial charge in [-0.15, -0.1) is 0 Å². The molecule has 2 aromatic rings. The molecule has 2 aromatic carbocycles. The molecule has 0 spiro atoms. The highest BCUT2D eigenvalue weighted by Gasteiger charge is 2.28. The van der Waals surface area contributed by atoms with E-state index in [2.05, 4.69) is 5.32 Å². The van der Waals surface area contributed by atoms with E-state index in [1.165, 1.54) is 0 Å². The van der Waals surface area contributed by atoms with Crippen LogP contribution in [0.2, 0.25) is 0 Å². The fourth-order valence-corrected chi connectivity index (χ4v) is 2.66. The van der Waals surface area contributed by atoms with Gasteiger partial charge >= 0.3 is 0 Å². The predicted octanol–water partition coefficient (Wildman–Crippen LogP) is 2.72. The molecule has 0 unspecified atom stereocenters. The number of methoxy groups -OCH3 is 2. The van der Waals surface area contributed by atoms with Crippen molar-refractivity contribution in [1.82, 2.24) is 5.32 Å². The summed E-state index contributed by atoms with van der Waals surface area (Å²) >= 11 is 0. The van der Waals surface area contributed by atoms with Crippen LogP contribution < -0.4 is 24.3 Å².